The third-order valence-electron chi connectivity index (χ3n) is 4.99. The summed E-state index contributed by atoms with van der Waals surface area (Å²) in [4.78, 5) is 23.5. The lowest BCUT2D eigenvalue weighted by atomic mass is 9.77. The zero-order chi connectivity index (χ0) is 16.3. The van der Waals surface area contributed by atoms with Crippen molar-refractivity contribution in [3.8, 4) is 0 Å². The lowest BCUT2D eigenvalue weighted by Crippen LogP contribution is -2.59. The lowest BCUT2D eigenvalue weighted by Gasteiger charge is -2.40. The summed E-state index contributed by atoms with van der Waals surface area (Å²) in [6.45, 7) is 7.01. The lowest BCUT2D eigenvalue weighted by molar-refractivity contribution is -0.127. The molecule has 3 rings (SSSR count). The van der Waals surface area contributed by atoms with Gasteiger partial charge in [0.2, 0.25) is 11.9 Å². The van der Waals surface area contributed by atoms with Gasteiger partial charge in [0.15, 0.2) is 0 Å². The molecule has 0 saturated carbocycles. The highest BCUT2D eigenvalue weighted by atomic mass is 16.2. The van der Waals surface area contributed by atoms with Crippen molar-refractivity contribution in [2.24, 2.45) is 5.41 Å². The molecular weight excluding hydrogens is 290 g/mol. The van der Waals surface area contributed by atoms with Gasteiger partial charge in [0.1, 0.15) is 0 Å². The van der Waals surface area contributed by atoms with Crippen LogP contribution in [0.1, 0.15) is 39.5 Å². The van der Waals surface area contributed by atoms with Crippen LogP contribution in [0.2, 0.25) is 0 Å². The molecule has 2 unspecified atom stereocenters. The number of carbonyl (C=O) groups is 1. The Labute approximate surface area is 138 Å². The molecule has 3 heterocycles. The van der Waals surface area contributed by atoms with Gasteiger partial charge < -0.3 is 15.5 Å². The molecule has 0 aliphatic carbocycles. The van der Waals surface area contributed by atoms with E-state index < -0.39 is 0 Å². The number of nitrogens with one attached hydrogen (secondary N) is 2. The summed E-state index contributed by atoms with van der Waals surface area (Å²) in [5, 5.41) is 6.64. The minimum absolute atomic E-state index is 0.0131. The maximum Gasteiger partial charge on any atom is 0.237 e. The van der Waals surface area contributed by atoms with Gasteiger partial charge in [0.05, 0.1) is 6.04 Å². The molecule has 1 amide bonds. The third-order valence-corrected chi connectivity index (χ3v) is 4.99. The molecule has 0 radical (unpaired) electrons. The summed E-state index contributed by atoms with van der Waals surface area (Å²) in [5.74, 6) is 0.887. The van der Waals surface area contributed by atoms with Gasteiger partial charge in [-0.15, -0.1) is 0 Å². The molecule has 2 atom stereocenters. The molecule has 0 bridgehead atoms. The largest absolute Gasteiger partial charge is 0.350 e. The predicted octanol–water partition coefficient (Wildman–Crippen LogP) is 1.34. The van der Waals surface area contributed by atoms with Crippen LogP contribution < -0.4 is 15.5 Å². The highest BCUT2D eigenvalue weighted by Gasteiger charge is 2.38. The van der Waals surface area contributed by atoms with Gasteiger partial charge in [-0.05, 0) is 43.7 Å². The fourth-order valence-electron chi connectivity index (χ4n) is 3.67. The van der Waals surface area contributed by atoms with Crippen LogP contribution in [0.25, 0.3) is 0 Å². The summed E-state index contributed by atoms with van der Waals surface area (Å²) in [6, 6.07) is 1.89. The monoisotopic (exact) mass is 317 g/mol. The van der Waals surface area contributed by atoms with Gasteiger partial charge in [0.25, 0.3) is 0 Å². The van der Waals surface area contributed by atoms with Crippen molar-refractivity contribution < 1.29 is 4.79 Å². The van der Waals surface area contributed by atoms with Crippen molar-refractivity contribution >= 4 is 11.9 Å². The first-order valence-corrected chi connectivity index (χ1v) is 8.62. The molecule has 23 heavy (non-hydrogen) atoms. The number of amides is 1. The molecule has 0 aromatic carbocycles. The first kappa shape index (κ1) is 16.2. The normalized spacial score (nSPS) is 27.5. The van der Waals surface area contributed by atoms with Gasteiger partial charge in [-0.2, -0.15) is 0 Å². The van der Waals surface area contributed by atoms with E-state index in [4.69, 9.17) is 0 Å². The Balaban J connectivity index is 1.60. The van der Waals surface area contributed by atoms with E-state index in [2.05, 4.69) is 39.3 Å². The Morgan fingerprint density at radius 2 is 2.13 bits per heavy atom. The molecule has 2 aliphatic heterocycles. The molecule has 2 aliphatic rings. The van der Waals surface area contributed by atoms with Crippen molar-refractivity contribution in [3.63, 3.8) is 0 Å². The van der Waals surface area contributed by atoms with Gasteiger partial charge in [-0.1, -0.05) is 13.8 Å². The van der Waals surface area contributed by atoms with Crippen LogP contribution in [-0.2, 0) is 4.79 Å². The van der Waals surface area contributed by atoms with Gasteiger partial charge in [-0.25, -0.2) is 9.97 Å². The predicted molar refractivity (Wildman–Crippen MR) is 90.2 cm³/mol. The summed E-state index contributed by atoms with van der Waals surface area (Å²) in [7, 11) is 0. The second kappa shape index (κ2) is 6.83. The molecule has 1 aromatic heterocycles. The second-order valence-corrected chi connectivity index (χ2v) is 7.32. The Kier molecular flexibility index (Phi) is 4.80. The Hall–Kier alpha value is -1.69. The van der Waals surface area contributed by atoms with E-state index in [-0.39, 0.29) is 23.4 Å². The molecule has 2 N–H and O–H groups in total. The molecule has 6 nitrogen and oxygen atoms in total. The van der Waals surface area contributed by atoms with Crippen molar-refractivity contribution in [2.45, 2.75) is 51.6 Å². The maximum absolute atomic E-state index is 12.7. The third kappa shape index (κ3) is 3.80. The van der Waals surface area contributed by atoms with Crippen molar-refractivity contribution in [2.75, 3.05) is 24.5 Å². The number of hydrogen-bond acceptors (Lipinski definition) is 5. The first-order valence-electron chi connectivity index (χ1n) is 8.62. The minimum Gasteiger partial charge on any atom is -0.350 e. The van der Waals surface area contributed by atoms with Crippen LogP contribution in [0.5, 0.6) is 0 Å². The van der Waals surface area contributed by atoms with Crippen LogP contribution in [0, 0.1) is 5.41 Å². The number of hydrogen-bond donors (Lipinski definition) is 2. The van der Waals surface area contributed by atoms with E-state index in [1.165, 1.54) is 0 Å². The number of carbonyl (C=O) groups excluding carboxylic acids is 1. The number of piperidine rings is 2. The molecule has 1 aromatic rings. The number of rotatable bonds is 3. The average molecular weight is 317 g/mol. The molecular formula is C17H27N5O. The summed E-state index contributed by atoms with van der Waals surface area (Å²) >= 11 is 0. The van der Waals surface area contributed by atoms with Crippen molar-refractivity contribution in [1.29, 1.82) is 0 Å². The summed E-state index contributed by atoms with van der Waals surface area (Å²) < 4.78 is 0. The first-order chi connectivity index (χ1) is 11.1. The number of aromatic nitrogens is 2. The standard InChI is InChI=1S/C17H27N5O/c1-17(2)7-4-8-18-14(17)15(23)21-13-6-3-11-22(12-13)16-19-9-5-10-20-16/h5,9-10,13-14,18H,3-4,6-8,11-12H2,1-2H3,(H,21,23). The zero-order valence-electron chi connectivity index (χ0n) is 14.1. The van der Waals surface area contributed by atoms with E-state index in [9.17, 15) is 4.79 Å². The number of anilines is 1. The van der Waals surface area contributed by atoms with Gasteiger partial charge in [0, 0.05) is 31.5 Å². The highest BCUT2D eigenvalue weighted by Crippen LogP contribution is 2.30. The van der Waals surface area contributed by atoms with Crippen LogP contribution in [0.3, 0.4) is 0 Å². The number of nitrogens with zero attached hydrogens (tertiary/aromatic N) is 3. The average Bonchev–Trinajstić information content (AvgIpc) is 2.55. The van der Waals surface area contributed by atoms with E-state index in [1.54, 1.807) is 12.4 Å². The molecule has 6 heteroatoms. The quantitative estimate of drug-likeness (QED) is 0.880. The maximum atomic E-state index is 12.7. The highest BCUT2D eigenvalue weighted by molar-refractivity contribution is 5.83. The van der Waals surface area contributed by atoms with Crippen molar-refractivity contribution in [1.82, 2.24) is 20.6 Å². The van der Waals surface area contributed by atoms with E-state index in [1.807, 2.05) is 6.07 Å². The fourth-order valence-corrected chi connectivity index (χ4v) is 3.67. The SMILES string of the molecule is CC1(C)CCCNC1C(=O)NC1CCCN(c2ncccn2)C1. The zero-order valence-corrected chi connectivity index (χ0v) is 14.1. The van der Waals surface area contributed by atoms with Crippen LogP contribution in [0.4, 0.5) is 5.95 Å². The Morgan fingerprint density at radius 1 is 1.35 bits per heavy atom. The fraction of sp³-hybridized carbons (Fsp3) is 0.706. The van der Waals surface area contributed by atoms with Crippen LogP contribution in [0.15, 0.2) is 18.5 Å². The van der Waals surface area contributed by atoms with Crippen LogP contribution in [-0.4, -0.2) is 47.6 Å². The van der Waals surface area contributed by atoms with Gasteiger partial charge in [-0.3, -0.25) is 4.79 Å². The Bertz CT molecular complexity index is 533. The van der Waals surface area contributed by atoms with E-state index in [0.717, 1.165) is 51.3 Å². The molecule has 0 spiro atoms. The van der Waals surface area contributed by atoms with E-state index >= 15 is 0 Å². The minimum atomic E-state index is -0.0976. The Morgan fingerprint density at radius 3 is 2.87 bits per heavy atom. The van der Waals surface area contributed by atoms with Gasteiger partial charge >= 0.3 is 0 Å². The summed E-state index contributed by atoms with van der Waals surface area (Å²) in [6.07, 6.45) is 7.82. The molecule has 126 valence electrons. The molecule has 2 saturated heterocycles. The molecule has 2 fully saturated rings. The van der Waals surface area contributed by atoms with E-state index in [0.29, 0.717) is 0 Å². The second-order valence-electron chi connectivity index (χ2n) is 7.32. The topological polar surface area (TPSA) is 70.2 Å². The van der Waals surface area contributed by atoms with Crippen LogP contribution >= 0.6 is 0 Å². The smallest absolute Gasteiger partial charge is 0.237 e. The van der Waals surface area contributed by atoms with Crippen molar-refractivity contribution in [3.05, 3.63) is 18.5 Å². The summed E-state index contributed by atoms with van der Waals surface area (Å²) in [5.41, 5.74) is 0.0131.